The van der Waals surface area contributed by atoms with Crippen LogP contribution in [0.4, 0.5) is 0 Å². The third-order valence-electron chi connectivity index (χ3n) is 3.87. The molecule has 1 heterocycles. The molecule has 1 aliphatic heterocycles. The van der Waals surface area contributed by atoms with E-state index in [-0.39, 0.29) is 0 Å². The Morgan fingerprint density at radius 3 is 2.78 bits per heavy atom. The van der Waals surface area contributed by atoms with E-state index >= 15 is 0 Å². The first-order chi connectivity index (χ1) is 8.70. The summed E-state index contributed by atoms with van der Waals surface area (Å²) in [7, 11) is 2.05. The predicted octanol–water partition coefficient (Wildman–Crippen LogP) is 3.06. The van der Waals surface area contributed by atoms with Crippen molar-refractivity contribution in [3.05, 3.63) is 34.3 Å². The van der Waals surface area contributed by atoms with Gasteiger partial charge >= 0.3 is 0 Å². The van der Waals surface area contributed by atoms with E-state index in [2.05, 4.69) is 64.4 Å². The van der Waals surface area contributed by atoms with E-state index in [4.69, 9.17) is 0 Å². The molecule has 2 atom stereocenters. The van der Waals surface area contributed by atoms with Gasteiger partial charge in [0.15, 0.2) is 0 Å². The van der Waals surface area contributed by atoms with Crippen LogP contribution in [0.1, 0.15) is 25.3 Å². The summed E-state index contributed by atoms with van der Waals surface area (Å²) in [4.78, 5) is 2.67. The second-order valence-electron chi connectivity index (χ2n) is 5.27. The maximum Gasteiger partial charge on any atom is 0.0223 e. The molecule has 1 saturated heterocycles. The van der Waals surface area contributed by atoms with Gasteiger partial charge in [0.05, 0.1) is 0 Å². The molecule has 2 unspecified atom stereocenters. The molecule has 1 aliphatic rings. The summed E-state index contributed by atoms with van der Waals surface area (Å²) in [6, 6.07) is 10.1. The zero-order chi connectivity index (χ0) is 13.0. The van der Waals surface area contributed by atoms with Crippen molar-refractivity contribution in [3.63, 3.8) is 0 Å². The SMILES string of the molecule is CNCC1CCCN1C(C)Cc1ccc(Br)cc1. The third kappa shape index (κ3) is 3.56. The van der Waals surface area contributed by atoms with Crippen LogP contribution in [0, 0.1) is 0 Å². The molecule has 1 aromatic carbocycles. The summed E-state index contributed by atoms with van der Waals surface area (Å²) >= 11 is 3.49. The smallest absolute Gasteiger partial charge is 0.0223 e. The molecule has 18 heavy (non-hydrogen) atoms. The maximum atomic E-state index is 3.49. The molecule has 0 amide bonds. The van der Waals surface area contributed by atoms with Crippen LogP contribution in [0.15, 0.2) is 28.7 Å². The Morgan fingerprint density at radius 2 is 2.11 bits per heavy atom. The van der Waals surface area contributed by atoms with Gasteiger partial charge in [0, 0.05) is 23.1 Å². The Hall–Kier alpha value is -0.380. The van der Waals surface area contributed by atoms with E-state index < -0.39 is 0 Å². The molecule has 100 valence electrons. The van der Waals surface area contributed by atoms with E-state index in [9.17, 15) is 0 Å². The average molecular weight is 311 g/mol. The fraction of sp³-hybridized carbons (Fsp3) is 0.600. The molecule has 0 bridgehead atoms. The van der Waals surface area contributed by atoms with Gasteiger partial charge < -0.3 is 5.32 Å². The van der Waals surface area contributed by atoms with Crippen molar-refractivity contribution in [1.82, 2.24) is 10.2 Å². The van der Waals surface area contributed by atoms with Crippen molar-refractivity contribution >= 4 is 15.9 Å². The fourth-order valence-electron chi connectivity index (χ4n) is 2.97. The van der Waals surface area contributed by atoms with Gasteiger partial charge in [-0.25, -0.2) is 0 Å². The van der Waals surface area contributed by atoms with Gasteiger partial charge in [-0.1, -0.05) is 28.1 Å². The van der Waals surface area contributed by atoms with Crippen LogP contribution in [0.25, 0.3) is 0 Å². The zero-order valence-electron chi connectivity index (χ0n) is 11.3. The van der Waals surface area contributed by atoms with Gasteiger partial charge in [0.1, 0.15) is 0 Å². The van der Waals surface area contributed by atoms with E-state index in [1.807, 2.05) is 0 Å². The minimum atomic E-state index is 0.632. The molecule has 1 N–H and O–H groups in total. The molecule has 0 aliphatic carbocycles. The summed E-state index contributed by atoms with van der Waals surface area (Å²) in [5, 5.41) is 3.32. The highest BCUT2D eigenvalue weighted by Crippen LogP contribution is 2.22. The lowest BCUT2D eigenvalue weighted by Crippen LogP contribution is -2.43. The highest BCUT2D eigenvalue weighted by atomic mass is 79.9. The number of nitrogens with zero attached hydrogens (tertiary/aromatic N) is 1. The number of rotatable bonds is 5. The molecule has 2 rings (SSSR count). The number of nitrogens with one attached hydrogen (secondary N) is 1. The number of hydrogen-bond acceptors (Lipinski definition) is 2. The highest BCUT2D eigenvalue weighted by Gasteiger charge is 2.27. The lowest BCUT2D eigenvalue weighted by molar-refractivity contribution is 0.188. The Kier molecular flexibility index (Phi) is 5.22. The second-order valence-corrected chi connectivity index (χ2v) is 6.19. The molecular weight excluding hydrogens is 288 g/mol. The summed E-state index contributed by atoms with van der Waals surface area (Å²) in [6.07, 6.45) is 3.83. The summed E-state index contributed by atoms with van der Waals surface area (Å²) < 4.78 is 1.16. The van der Waals surface area contributed by atoms with Gasteiger partial charge in [-0.2, -0.15) is 0 Å². The molecule has 0 radical (unpaired) electrons. The van der Waals surface area contributed by atoms with Crippen molar-refractivity contribution in [2.24, 2.45) is 0 Å². The number of halogens is 1. The van der Waals surface area contributed by atoms with Crippen molar-refractivity contribution in [2.45, 2.75) is 38.3 Å². The Balaban J connectivity index is 1.94. The number of likely N-dealkylation sites (N-methyl/N-ethyl adjacent to an activating group) is 1. The van der Waals surface area contributed by atoms with Gasteiger partial charge in [-0.05, 0) is 57.5 Å². The lowest BCUT2D eigenvalue weighted by Gasteiger charge is -2.30. The number of likely N-dealkylation sites (tertiary alicyclic amines) is 1. The summed E-state index contributed by atoms with van der Waals surface area (Å²) in [5.41, 5.74) is 1.43. The van der Waals surface area contributed by atoms with Gasteiger partial charge in [-0.15, -0.1) is 0 Å². The van der Waals surface area contributed by atoms with Crippen LogP contribution in [-0.2, 0) is 6.42 Å². The molecule has 0 spiro atoms. The van der Waals surface area contributed by atoms with E-state index in [1.54, 1.807) is 0 Å². The third-order valence-corrected chi connectivity index (χ3v) is 4.40. The van der Waals surface area contributed by atoms with Crippen LogP contribution in [-0.4, -0.2) is 37.1 Å². The molecule has 0 aromatic heterocycles. The van der Waals surface area contributed by atoms with Crippen LogP contribution in [0.5, 0.6) is 0 Å². The molecular formula is C15H23BrN2. The average Bonchev–Trinajstić information content (AvgIpc) is 2.81. The largest absolute Gasteiger partial charge is 0.318 e. The Labute approximate surface area is 119 Å². The molecule has 2 nitrogen and oxygen atoms in total. The number of benzene rings is 1. The normalized spacial score (nSPS) is 22.3. The van der Waals surface area contributed by atoms with Crippen LogP contribution in [0.2, 0.25) is 0 Å². The van der Waals surface area contributed by atoms with Crippen molar-refractivity contribution < 1.29 is 0 Å². The fourth-order valence-corrected chi connectivity index (χ4v) is 3.24. The van der Waals surface area contributed by atoms with Crippen LogP contribution < -0.4 is 5.32 Å². The van der Waals surface area contributed by atoms with Crippen molar-refractivity contribution in [3.8, 4) is 0 Å². The first-order valence-electron chi connectivity index (χ1n) is 6.85. The monoisotopic (exact) mass is 310 g/mol. The second kappa shape index (κ2) is 6.69. The first-order valence-corrected chi connectivity index (χ1v) is 7.65. The van der Waals surface area contributed by atoms with Gasteiger partial charge in [0.2, 0.25) is 0 Å². The Bertz CT molecular complexity index is 363. The van der Waals surface area contributed by atoms with E-state index in [1.165, 1.54) is 24.9 Å². The van der Waals surface area contributed by atoms with Crippen LogP contribution >= 0.6 is 15.9 Å². The minimum Gasteiger partial charge on any atom is -0.318 e. The molecule has 3 heteroatoms. The zero-order valence-corrected chi connectivity index (χ0v) is 12.9. The quantitative estimate of drug-likeness (QED) is 0.899. The summed E-state index contributed by atoms with van der Waals surface area (Å²) in [6.45, 7) is 4.73. The van der Waals surface area contributed by atoms with Crippen molar-refractivity contribution in [1.29, 1.82) is 0 Å². The van der Waals surface area contributed by atoms with Gasteiger partial charge in [-0.3, -0.25) is 4.90 Å². The topological polar surface area (TPSA) is 15.3 Å². The lowest BCUT2D eigenvalue weighted by atomic mass is 10.1. The van der Waals surface area contributed by atoms with E-state index in [0.717, 1.165) is 23.5 Å². The van der Waals surface area contributed by atoms with Crippen LogP contribution in [0.3, 0.4) is 0 Å². The summed E-state index contributed by atoms with van der Waals surface area (Å²) in [5.74, 6) is 0. The number of hydrogen-bond donors (Lipinski definition) is 1. The molecule has 1 fully saturated rings. The minimum absolute atomic E-state index is 0.632. The Morgan fingerprint density at radius 1 is 1.39 bits per heavy atom. The van der Waals surface area contributed by atoms with Crippen molar-refractivity contribution in [2.75, 3.05) is 20.1 Å². The van der Waals surface area contributed by atoms with E-state index in [0.29, 0.717) is 6.04 Å². The predicted molar refractivity (Wildman–Crippen MR) is 81.0 cm³/mol. The highest BCUT2D eigenvalue weighted by molar-refractivity contribution is 9.10. The maximum absolute atomic E-state index is 3.49. The molecule has 0 saturated carbocycles. The standard InChI is InChI=1S/C15H23BrN2/c1-12(10-13-5-7-14(16)8-6-13)18-9-3-4-15(18)11-17-2/h5-8,12,15,17H,3-4,9-11H2,1-2H3. The van der Waals surface area contributed by atoms with Gasteiger partial charge in [0.25, 0.3) is 0 Å². The molecule has 1 aromatic rings. The first kappa shape index (κ1) is 14.0.